The number of ether oxygens (including phenoxy) is 3. The third-order valence-corrected chi connectivity index (χ3v) is 13.3. The molecule has 2 heterocycles. The zero-order valence-corrected chi connectivity index (χ0v) is 43.3. The molecule has 2 rings (SSSR count). The van der Waals surface area contributed by atoms with Crippen LogP contribution in [-0.2, 0) is 51.1 Å². The lowest BCUT2D eigenvalue weighted by Crippen LogP contribution is -2.36. The van der Waals surface area contributed by atoms with E-state index in [0.717, 1.165) is 68.6 Å². The predicted octanol–water partition coefficient (Wildman–Crippen LogP) is 9.29. The van der Waals surface area contributed by atoms with Crippen LogP contribution in [0.1, 0.15) is 155 Å². The van der Waals surface area contributed by atoms with E-state index in [1.807, 2.05) is 18.2 Å². The minimum absolute atomic E-state index is 0.0228. The van der Waals surface area contributed by atoms with E-state index >= 15 is 0 Å². The Labute approximate surface area is 419 Å². The van der Waals surface area contributed by atoms with E-state index in [0.29, 0.717) is 38.5 Å². The monoisotopic (exact) mass is 1040 g/mol. The van der Waals surface area contributed by atoms with Crippen LogP contribution in [0.15, 0.2) is 90.0 Å². The van der Waals surface area contributed by atoms with Gasteiger partial charge in [0.2, 0.25) is 0 Å². The van der Waals surface area contributed by atoms with Gasteiger partial charge in [-0.2, -0.15) is 9.29 Å². The summed E-state index contributed by atoms with van der Waals surface area (Å²) >= 11 is 0. The number of nitrogens with zero attached hydrogens (tertiary/aromatic N) is 2. The molecule has 7 atom stereocenters. The summed E-state index contributed by atoms with van der Waals surface area (Å²) < 4.78 is 56.6. The van der Waals surface area contributed by atoms with Crippen molar-refractivity contribution in [2.75, 3.05) is 25.6 Å². The lowest BCUT2D eigenvalue weighted by molar-refractivity contribution is -0.161. The fourth-order valence-corrected chi connectivity index (χ4v) is 8.93. The predicted molar refractivity (Wildman–Crippen MR) is 270 cm³/mol. The van der Waals surface area contributed by atoms with Gasteiger partial charge in [0.25, 0.3) is 0 Å². The molecule has 6 N–H and O–H groups in total. The minimum Gasteiger partial charge on any atom is -0.462 e. The first kappa shape index (κ1) is 63.0. The average Bonchev–Trinajstić information content (AvgIpc) is 3.60. The second-order valence-electron chi connectivity index (χ2n) is 17.0. The molecule has 0 saturated carbocycles. The van der Waals surface area contributed by atoms with Gasteiger partial charge in [0.1, 0.15) is 30.7 Å². The van der Waals surface area contributed by atoms with E-state index in [-0.39, 0.29) is 24.4 Å². The van der Waals surface area contributed by atoms with Crippen LogP contribution in [0, 0.1) is 0 Å². The van der Waals surface area contributed by atoms with Crippen molar-refractivity contribution in [3.05, 3.63) is 95.7 Å². The fraction of sp³-hybridized carbons (Fsp3) is 0.620. The van der Waals surface area contributed by atoms with Gasteiger partial charge in [0, 0.05) is 25.5 Å². The zero-order valence-electron chi connectivity index (χ0n) is 41.5. The van der Waals surface area contributed by atoms with Gasteiger partial charge in [-0.05, 0) is 82.8 Å². The summed E-state index contributed by atoms with van der Waals surface area (Å²) in [4.78, 5) is 74.0. The van der Waals surface area contributed by atoms with E-state index < -0.39 is 83.7 Å². The van der Waals surface area contributed by atoms with Gasteiger partial charge in [-0.15, -0.1) is 0 Å². The molecule has 1 aliphatic heterocycles. The Hall–Kier alpha value is -4.13. The first-order valence-corrected chi connectivity index (χ1v) is 27.9. The molecule has 0 bridgehead atoms. The topological polar surface area (TPSA) is 283 Å². The van der Waals surface area contributed by atoms with Gasteiger partial charge in [0.05, 0.1) is 13.2 Å². The van der Waals surface area contributed by atoms with Gasteiger partial charge >= 0.3 is 33.3 Å². The standard InChI is InChI=1S/C50H79N3O16P2/c1-3-5-7-9-11-12-13-14-15-16-17-18-19-20-22-26-30-34-45(55)64-38-42(67-46(56)35-31-27-23-25-29-33-41(54)32-28-24-21-10-8-6-4-2)39-65-70(60,61)69-71(62,63)66-40-43-47(57)48(58)49(68-43)53-37-36-44(51)52-50(53)59/h11-12,14-15,17-18,20-22,24,28,32,36-37,42-43,47-49,57-58H,3-10,13,16,19,23,25-27,29-31,33-35,38-40H2,1-2H3,(H,60,61)(H,62,63)(H2,51,52,59)/b12-11-,15-14-,18-17-,22-20-,24-21-,32-28+/t42-,43-,47-,48-,49-/m1/s1. The van der Waals surface area contributed by atoms with E-state index in [1.165, 1.54) is 31.7 Å². The zero-order chi connectivity index (χ0) is 52.2. The molecule has 19 nitrogen and oxygen atoms in total. The minimum atomic E-state index is -5.46. The maximum absolute atomic E-state index is 12.8. The molecule has 71 heavy (non-hydrogen) atoms. The number of carbonyl (C=O) groups excluding carboxylic acids is 3. The Morgan fingerprint density at radius 2 is 1.28 bits per heavy atom. The smallest absolute Gasteiger partial charge is 0.462 e. The van der Waals surface area contributed by atoms with Crippen molar-refractivity contribution in [1.82, 2.24) is 9.55 Å². The molecule has 1 aromatic heterocycles. The molecule has 0 spiro atoms. The molecular weight excluding hydrogens is 961 g/mol. The van der Waals surface area contributed by atoms with Gasteiger partial charge in [-0.25, -0.2) is 13.9 Å². The number of aromatic nitrogens is 2. The SMILES string of the molecule is CCCCC/C=C\C=C\C(=O)CCCCCCCC(=O)O[C@H](COC(=O)CCC/C=C\C/C=C\C/C=C\C/C=C\CCCCC)COP(=O)(O)OP(=O)(O)OC[C@H]1O[C@@H](n2ccc(N)nc2=O)[C@H](O)[C@@H]1O. The van der Waals surface area contributed by atoms with E-state index in [9.17, 15) is 48.3 Å². The number of anilines is 1. The van der Waals surface area contributed by atoms with Crippen LogP contribution < -0.4 is 11.4 Å². The highest BCUT2D eigenvalue weighted by molar-refractivity contribution is 7.61. The maximum atomic E-state index is 12.8. The fourth-order valence-electron chi connectivity index (χ4n) is 6.82. The molecule has 1 saturated heterocycles. The number of allylic oxidation sites excluding steroid dienone is 12. The van der Waals surface area contributed by atoms with Crippen molar-refractivity contribution in [1.29, 1.82) is 0 Å². The number of hydrogen-bond acceptors (Lipinski definition) is 16. The first-order valence-electron chi connectivity index (χ1n) is 24.9. The van der Waals surface area contributed by atoms with E-state index in [1.54, 1.807) is 12.2 Å². The number of unbranched alkanes of at least 4 members (excludes halogenated alkanes) is 11. The number of phosphoric ester groups is 2. The van der Waals surface area contributed by atoms with Crippen molar-refractivity contribution >= 4 is 39.2 Å². The number of hydrogen-bond donors (Lipinski definition) is 5. The summed E-state index contributed by atoms with van der Waals surface area (Å²) in [6, 6.07) is 1.23. The summed E-state index contributed by atoms with van der Waals surface area (Å²) in [5.74, 6) is -1.43. The normalized spacial score (nSPS) is 19.7. The highest BCUT2D eigenvalue weighted by Crippen LogP contribution is 2.60. The number of aliphatic hydroxyl groups excluding tert-OH is 2. The Morgan fingerprint density at radius 3 is 1.92 bits per heavy atom. The van der Waals surface area contributed by atoms with Crippen molar-refractivity contribution < 1.29 is 71.1 Å². The van der Waals surface area contributed by atoms with Crippen LogP contribution in [-0.4, -0.2) is 91.5 Å². The van der Waals surface area contributed by atoms with Gasteiger partial charge in [0.15, 0.2) is 18.1 Å². The quantitative estimate of drug-likeness (QED) is 0.0102. The van der Waals surface area contributed by atoms with E-state index in [2.05, 4.69) is 65.7 Å². The number of esters is 2. The Bertz CT molecular complexity index is 2040. The largest absolute Gasteiger partial charge is 0.481 e. The third-order valence-electron chi connectivity index (χ3n) is 10.7. The van der Waals surface area contributed by atoms with Crippen molar-refractivity contribution in [2.24, 2.45) is 0 Å². The van der Waals surface area contributed by atoms with Gasteiger partial charge in [-0.1, -0.05) is 126 Å². The molecular formula is C50H79N3O16P2. The summed E-state index contributed by atoms with van der Waals surface area (Å²) in [7, 11) is -10.9. The number of nitrogen functional groups attached to an aromatic ring is 1. The van der Waals surface area contributed by atoms with Crippen LogP contribution in [0.25, 0.3) is 0 Å². The molecule has 1 fully saturated rings. The molecule has 1 aliphatic rings. The van der Waals surface area contributed by atoms with E-state index in [4.69, 9.17) is 29.0 Å². The Morgan fingerprint density at radius 1 is 0.718 bits per heavy atom. The summed E-state index contributed by atoms with van der Waals surface area (Å²) in [5.41, 5.74) is 4.57. The average molecular weight is 1040 g/mol. The molecule has 0 aromatic carbocycles. The van der Waals surface area contributed by atoms with Crippen molar-refractivity contribution in [3.8, 4) is 0 Å². The molecule has 400 valence electrons. The van der Waals surface area contributed by atoms with Crippen LogP contribution in [0.3, 0.4) is 0 Å². The second-order valence-corrected chi connectivity index (χ2v) is 20.0. The highest BCUT2D eigenvalue weighted by Gasteiger charge is 2.46. The second kappa shape index (κ2) is 37.6. The molecule has 1 aromatic rings. The lowest BCUT2D eigenvalue weighted by Gasteiger charge is -2.21. The molecule has 0 radical (unpaired) electrons. The molecule has 0 amide bonds. The summed E-state index contributed by atoms with van der Waals surface area (Å²) in [6.07, 6.45) is 33.9. The Balaban J connectivity index is 1.86. The van der Waals surface area contributed by atoms with Gasteiger partial charge < -0.3 is 39.9 Å². The Kier molecular flexibility index (Phi) is 33.3. The number of nitrogens with two attached hydrogens (primary N) is 1. The highest BCUT2D eigenvalue weighted by atomic mass is 31.3. The van der Waals surface area contributed by atoms with Crippen LogP contribution in [0.4, 0.5) is 5.82 Å². The van der Waals surface area contributed by atoms with Crippen LogP contribution >= 0.6 is 15.6 Å². The van der Waals surface area contributed by atoms with Crippen LogP contribution in [0.5, 0.6) is 0 Å². The van der Waals surface area contributed by atoms with Crippen molar-refractivity contribution in [3.63, 3.8) is 0 Å². The number of phosphoric acid groups is 2. The number of rotatable bonds is 40. The summed E-state index contributed by atoms with van der Waals surface area (Å²) in [5, 5.41) is 20.9. The van der Waals surface area contributed by atoms with Crippen molar-refractivity contribution in [2.45, 2.75) is 179 Å². The number of carbonyl (C=O) groups is 3. The number of aliphatic hydroxyl groups is 2. The maximum Gasteiger partial charge on any atom is 0.481 e. The van der Waals surface area contributed by atoms with Gasteiger partial charge in [-0.3, -0.25) is 28.0 Å². The molecule has 21 heteroatoms. The molecule has 2 unspecified atom stereocenters. The summed E-state index contributed by atoms with van der Waals surface area (Å²) in [6.45, 7) is 1.89. The third kappa shape index (κ3) is 30.5. The first-order chi connectivity index (χ1) is 34.1. The number of ketones is 1. The lowest BCUT2D eigenvalue weighted by atomic mass is 10.1. The van der Waals surface area contributed by atoms with Crippen LogP contribution in [0.2, 0.25) is 0 Å². The molecule has 0 aliphatic carbocycles.